The van der Waals surface area contributed by atoms with Gasteiger partial charge in [0.05, 0.1) is 23.2 Å². The molecular weight excluding hydrogens is 345 g/mol. The van der Waals surface area contributed by atoms with Crippen LogP contribution in [0.25, 0.3) is 10.9 Å². The molecule has 0 aliphatic heterocycles. The van der Waals surface area contributed by atoms with Crippen LogP contribution in [-0.2, 0) is 15.0 Å². The second kappa shape index (κ2) is 7.53. The number of fused-ring (bicyclic) bond motifs is 1. The normalized spacial score (nSPS) is 11.2. The van der Waals surface area contributed by atoms with Gasteiger partial charge in [-0.05, 0) is 43.7 Å². The lowest BCUT2D eigenvalue weighted by Gasteiger charge is -2.24. The molecule has 5 nitrogen and oxygen atoms in total. The van der Waals surface area contributed by atoms with Crippen molar-refractivity contribution in [1.29, 1.82) is 0 Å². The average Bonchev–Trinajstić information content (AvgIpc) is 2.66. The maximum absolute atomic E-state index is 13.1. The van der Waals surface area contributed by atoms with Gasteiger partial charge in [0.2, 0.25) is 11.8 Å². The first-order chi connectivity index (χ1) is 12.9. The molecule has 0 bridgehead atoms. The number of halogens is 1. The molecule has 0 fully saturated rings. The van der Waals surface area contributed by atoms with Crippen molar-refractivity contribution in [3.8, 4) is 0 Å². The van der Waals surface area contributed by atoms with Crippen LogP contribution in [0.5, 0.6) is 0 Å². The molecule has 0 aliphatic rings. The highest BCUT2D eigenvalue weighted by atomic mass is 19.1. The lowest BCUT2D eigenvalue weighted by Crippen LogP contribution is -2.43. The number of carbonyl (C=O) groups excluding carboxylic acids is 2. The number of carbonyl (C=O) groups is 2. The summed E-state index contributed by atoms with van der Waals surface area (Å²) in [5.41, 5.74) is 1.05. The Labute approximate surface area is 156 Å². The van der Waals surface area contributed by atoms with Gasteiger partial charge in [-0.15, -0.1) is 0 Å². The Bertz CT molecular complexity index is 979. The Morgan fingerprint density at radius 3 is 2.48 bits per heavy atom. The first-order valence-corrected chi connectivity index (χ1v) is 8.56. The Hall–Kier alpha value is -3.28. The summed E-state index contributed by atoms with van der Waals surface area (Å²) in [4.78, 5) is 29.1. The number of aromatic nitrogens is 1. The van der Waals surface area contributed by atoms with E-state index in [0.29, 0.717) is 16.8 Å². The van der Waals surface area contributed by atoms with E-state index < -0.39 is 5.41 Å². The van der Waals surface area contributed by atoms with Gasteiger partial charge in [0.1, 0.15) is 5.82 Å². The smallest absolute Gasteiger partial charge is 0.243 e. The van der Waals surface area contributed by atoms with Crippen LogP contribution in [0.1, 0.15) is 19.4 Å². The van der Waals surface area contributed by atoms with E-state index in [-0.39, 0.29) is 24.2 Å². The molecule has 6 heteroatoms. The molecule has 0 spiro atoms. The van der Waals surface area contributed by atoms with E-state index in [9.17, 15) is 14.0 Å². The zero-order valence-electron chi connectivity index (χ0n) is 15.1. The highest BCUT2D eigenvalue weighted by Gasteiger charge is 2.29. The fraction of sp³-hybridized carbons (Fsp3) is 0.190. The van der Waals surface area contributed by atoms with Crippen molar-refractivity contribution in [2.24, 2.45) is 0 Å². The molecule has 27 heavy (non-hydrogen) atoms. The number of rotatable bonds is 5. The van der Waals surface area contributed by atoms with Crippen molar-refractivity contribution < 1.29 is 14.0 Å². The van der Waals surface area contributed by atoms with Crippen LogP contribution in [0.3, 0.4) is 0 Å². The van der Waals surface area contributed by atoms with Gasteiger partial charge in [-0.2, -0.15) is 0 Å². The zero-order chi connectivity index (χ0) is 19.4. The minimum absolute atomic E-state index is 0.174. The lowest BCUT2D eigenvalue weighted by molar-refractivity contribution is -0.127. The first kappa shape index (κ1) is 18.5. The SMILES string of the molecule is CC(C)(C(=O)NCC(=O)Nc1cccc2cccnc12)c1ccc(F)cc1. The minimum atomic E-state index is -0.894. The summed E-state index contributed by atoms with van der Waals surface area (Å²) in [6.07, 6.45) is 1.66. The molecule has 2 amide bonds. The summed E-state index contributed by atoms with van der Waals surface area (Å²) >= 11 is 0. The van der Waals surface area contributed by atoms with E-state index in [2.05, 4.69) is 15.6 Å². The van der Waals surface area contributed by atoms with Gasteiger partial charge in [-0.25, -0.2) is 4.39 Å². The number of anilines is 1. The lowest BCUT2D eigenvalue weighted by atomic mass is 9.83. The van der Waals surface area contributed by atoms with Gasteiger partial charge in [0.25, 0.3) is 0 Å². The molecule has 3 aromatic rings. The maximum Gasteiger partial charge on any atom is 0.243 e. The monoisotopic (exact) mass is 365 g/mol. The van der Waals surface area contributed by atoms with Crippen LogP contribution in [0.4, 0.5) is 10.1 Å². The first-order valence-electron chi connectivity index (χ1n) is 8.56. The number of para-hydroxylation sites is 1. The molecule has 2 N–H and O–H groups in total. The predicted molar refractivity (Wildman–Crippen MR) is 103 cm³/mol. The van der Waals surface area contributed by atoms with Crippen molar-refractivity contribution in [1.82, 2.24) is 10.3 Å². The summed E-state index contributed by atoms with van der Waals surface area (Å²) in [7, 11) is 0. The second-order valence-electron chi connectivity index (χ2n) is 6.74. The molecule has 2 aromatic carbocycles. The topological polar surface area (TPSA) is 71.1 Å². The molecule has 0 radical (unpaired) electrons. The van der Waals surface area contributed by atoms with Crippen LogP contribution in [0.15, 0.2) is 60.8 Å². The van der Waals surface area contributed by atoms with Crippen molar-refractivity contribution in [2.75, 3.05) is 11.9 Å². The summed E-state index contributed by atoms with van der Waals surface area (Å²) in [5, 5.41) is 6.33. The molecule has 3 rings (SSSR count). The standard InChI is InChI=1S/C21H20FN3O2/c1-21(2,15-8-10-16(22)11-9-15)20(27)24-13-18(26)25-17-7-3-5-14-6-4-12-23-19(14)17/h3-12H,13H2,1-2H3,(H,24,27)(H,25,26). The number of hydrogen-bond acceptors (Lipinski definition) is 3. The molecule has 0 saturated carbocycles. The summed E-state index contributed by atoms with van der Waals surface area (Å²) in [6.45, 7) is 3.27. The Kier molecular flexibility index (Phi) is 5.16. The Morgan fingerprint density at radius 2 is 1.74 bits per heavy atom. The largest absolute Gasteiger partial charge is 0.346 e. The van der Waals surface area contributed by atoms with Gasteiger partial charge < -0.3 is 10.6 Å². The van der Waals surface area contributed by atoms with E-state index in [1.165, 1.54) is 12.1 Å². The highest BCUT2D eigenvalue weighted by Crippen LogP contribution is 2.24. The summed E-state index contributed by atoms with van der Waals surface area (Å²) < 4.78 is 13.1. The van der Waals surface area contributed by atoms with Crippen LogP contribution in [-0.4, -0.2) is 23.3 Å². The fourth-order valence-electron chi connectivity index (χ4n) is 2.78. The molecule has 0 aliphatic carbocycles. The number of nitrogens with one attached hydrogen (secondary N) is 2. The predicted octanol–water partition coefficient (Wildman–Crippen LogP) is 3.41. The third-order valence-electron chi connectivity index (χ3n) is 4.45. The average molecular weight is 365 g/mol. The van der Waals surface area contributed by atoms with E-state index in [4.69, 9.17) is 0 Å². The molecule has 1 heterocycles. The van der Waals surface area contributed by atoms with Crippen molar-refractivity contribution in [2.45, 2.75) is 19.3 Å². The zero-order valence-corrected chi connectivity index (χ0v) is 15.1. The summed E-state index contributed by atoms with van der Waals surface area (Å²) in [5.74, 6) is -1.03. The Balaban J connectivity index is 1.64. The third-order valence-corrected chi connectivity index (χ3v) is 4.45. The summed E-state index contributed by atoms with van der Waals surface area (Å²) in [6, 6.07) is 15.0. The fourth-order valence-corrected chi connectivity index (χ4v) is 2.78. The molecule has 1 aromatic heterocycles. The maximum atomic E-state index is 13.1. The van der Waals surface area contributed by atoms with Crippen molar-refractivity contribution >= 4 is 28.4 Å². The van der Waals surface area contributed by atoms with Gasteiger partial charge in [-0.3, -0.25) is 14.6 Å². The minimum Gasteiger partial charge on any atom is -0.346 e. The number of pyridine rings is 1. The number of amides is 2. The molecule has 138 valence electrons. The quantitative estimate of drug-likeness (QED) is 0.728. The van der Waals surface area contributed by atoms with E-state index in [1.807, 2.05) is 24.3 Å². The van der Waals surface area contributed by atoms with E-state index in [0.717, 1.165) is 5.39 Å². The van der Waals surface area contributed by atoms with Gasteiger partial charge >= 0.3 is 0 Å². The van der Waals surface area contributed by atoms with Crippen LogP contribution in [0.2, 0.25) is 0 Å². The van der Waals surface area contributed by atoms with Crippen molar-refractivity contribution in [3.63, 3.8) is 0 Å². The van der Waals surface area contributed by atoms with Crippen LogP contribution in [0, 0.1) is 5.82 Å². The highest BCUT2D eigenvalue weighted by molar-refractivity contribution is 6.02. The number of benzene rings is 2. The van der Waals surface area contributed by atoms with E-state index in [1.54, 1.807) is 38.2 Å². The molecule has 0 atom stereocenters. The third kappa shape index (κ3) is 4.11. The molecular formula is C21H20FN3O2. The Morgan fingerprint density at radius 1 is 1.04 bits per heavy atom. The number of nitrogens with zero attached hydrogens (tertiary/aromatic N) is 1. The van der Waals surface area contributed by atoms with Crippen LogP contribution < -0.4 is 10.6 Å². The van der Waals surface area contributed by atoms with Crippen LogP contribution >= 0.6 is 0 Å². The van der Waals surface area contributed by atoms with Gasteiger partial charge in [0, 0.05) is 11.6 Å². The number of hydrogen-bond donors (Lipinski definition) is 2. The molecule has 0 unspecified atom stereocenters. The van der Waals surface area contributed by atoms with E-state index >= 15 is 0 Å². The molecule has 0 saturated heterocycles. The second-order valence-corrected chi connectivity index (χ2v) is 6.74. The van der Waals surface area contributed by atoms with Crippen molar-refractivity contribution in [3.05, 3.63) is 72.2 Å². The van der Waals surface area contributed by atoms with Gasteiger partial charge in [-0.1, -0.05) is 30.3 Å². The van der Waals surface area contributed by atoms with Gasteiger partial charge in [0.15, 0.2) is 0 Å².